The van der Waals surface area contributed by atoms with E-state index in [1.54, 1.807) is 6.92 Å². The van der Waals surface area contributed by atoms with E-state index in [0.29, 0.717) is 12.2 Å². The van der Waals surface area contributed by atoms with Gasteiger partial charge in [-0.3, -0.25) is 4.79 Å². The van der Waals surface area contributed by atoms with E-state index in [1.165, 1.54) is 0 Å². The molecule has 1 saturated heterocycles. The van der Waals surface area contributed by atoms with Gasteiger partial charge >= 0.3 is 0 Å². The summed E-state index contributed by atoms with van der Waals surface area (Å²) in [4.78, 5) is 11.2. The standard InChI is InChI=1S/C11H18O3/c1-4-11(7-14-8-11)6-13-5-10(12)9(2)3/h2,4-8H2,1,3H3. The molecule has 0 radical (unpaired) electrons. The second-order valence-corrected chi connectivity index (χ2v) is 4.04. The van der Waals surface area contributed by atoms with Crippen LogP contribution in [-0.4, -0.2) is 32.2 Å². The molecule has 0 aliphatic carbocycles. The van der Waals surface area contributed by atoms with Crippen LogP contribution in [0.1, 0.15) is 20.3 Å². The largest absolute Gasteiger partial charge is 0.380 e. The monoisotopic (exact) mass is 198 g/mol. The van der Waals surface area contributed by atoms with Gasteiger partial charge in [0.15, 0.2) is 5.78 Å². The Balaban J connectivity index is 2.20. The van der Waals surface area contributed by atoms with Gasteiger partial charge in [-0.2, -0.15) is 0 Å². The minimum Gasteiger partial charge on any atom is -0.380 e. The van der Waals surface area contributed by atoms with Crippen molar-refractivity contribution in [3.8, 4) is 0 Å². The fraction of sp³-hybridized carbons (Fsp3) is 0.727. The first-order valence-corrected chi connectivity index (χ1v) is 4.94. The maximum Gasteiger partial charge on any atom is 0.183 e. The summed E-state index contributed by atoms with van der Waals surface area (Å²) in [6, 6.07) is 0. The topological polar surface area (TPSA) is 35.5 Å². The Labute approximate surface area is 85.1 Å². The number of carbonyl (C=O) groups excluding carboxylic acids is 1. The maximum absolute atomic E-state index is 11.2. The molecular weight excluding hydrogens is 180 g/mol. The normalized spacial score (nSPS) is 18.7. The number of hydrogen-bond acceptors (Lipinski definition) is 3. The van der Waals surface area contributed by atoms with Crippen LogP contribution in [0.4, 0.5) is 0 Å². The molecular formula is C11H18O3. The third-order valence-corrected chi connectivity index (χ3v) is 2.68. The smallest absolute Gasteiger partial charge is 0.183 e. The Kier molecular flexibility index (Phi) is 3.84. The van der Waals surface area contributed by atoms with Gasteiger partial charge in [0.25, 0.3) is 0 Å². The van der Waals surface area contributed by atoms with E-state index in [9.17, 15) is 4.79 Å². The van der Waals surface area contributed by atoms with Crippen LogP contribution in [0.15, 0.2) is 12.2 Å². The number of rotatable bonds is 6. The highest BCUT2D eigenvalue weighted by molar-refractivity contribution is 5.95. The van der Waals surface area contributed by atoms with Crippen molar-refractivity contribution in [3.63, 3.8) is 0 Å². The van der Waals surface area contributed by atoms with Gasteiger partial charge in [0, 0.05) is 5.41 Å². The molecule has 14 heavy (non-hydrogen) atoms. The summed E-state index contributed by atoms with van der Waals surface area (Å²) in [5.74, 6) is -0.0171. The molecule has 0 bridgehead atoms. The van der Waals surface area contributed by atoms with Gasteiger partial charge in [-0.1, -0.05) is 13.5 Å². The molecule has 1 rings (SSSR count). The molecule has 3 nitrogen and oxygen atoms in total. The molecule has 0 N–H and O–H groups in total. The highest BCUT2D eigenvalue weighted by Crippen LogP contribution is 2.31. The molecule has 0 saturated carbocycles. The van der Waals surface area contributed by atoms with Crippen molar-refractivity contribution in [3.05, 3.63) is 12.2 Å². The third-order valence-electron chi connectivity index (χ3n) is 2.68. The van der Waals surface area contributed by atoms with Crippen LogP contribution in [-0.2, 0) is 14.3 Å². The summed E-state index contributed by atoms with van der Waals surface area (Å²) in [6.45, 7) is 9.66. The van der Waals surface area contributed by atoms with Crippen molar-refractivity contribution in [1.82, 2.24) is 0 Å². The minimum absolute atomic E-state index is 0.0171. The molecule has 3 heteroatoms. The quantitative estimate of drug-likeness (QED) is 0.608. The molecule has 0 aromatic heterocycles. The molecule has 0 aromatic carbocycles. The first kappa shape index (κ1) is 11.4. The van der Waals surface area contributed by atoms with Gasteiger partial charge in [0.2, 0.25) is 0 Å². The van der Waals surface area contributed by atoms with Crippen LogP contribution in [0.25, 0.3) is 0 Å². The van der Waals surface area contributed by atoms with E-state index >= 15 is 0 Å². The average Bonchev–Trinajstić information content (AvgIpc) is 2.09. The van der Waals surface area contributed by atoms with Crippen LogP contribution in [0.3, 0.4) is 0 Å². The van der Waals surface area contributed by atoms with Crippen molar-refractivity contribution in [2.75, 3.05) is 26.4 Å². The van der Waals surface area contributed by atoms with E-state index < -0.39 is 0 Å². The van der Waals surface area contributed by atoms with Crippen molar-refractivity contribution < 1.29 is 14.3 Å². The first-order chi connectivity index (χ1) is 6.59. The van der Waals surface area contributed by atoms with Gasteiger partial charge < -0.3 is 9.47 Å². The second kappa shape index (κ2) is 4.71. The summed E-state index contributed by atoms with van der Waals surface area (Å²) in [5.41, 5.74) is 0.718. The Morgan fingerprint density at radius 2 is 2.21 bits per heavy atom. The van der Waals surface area contributed by atoms with Gasteiger partial charge in [0.05, 0.1) is 19.8 Å². The molecule has 0 unspecified atom stereocenters. The Morgan fingerprint density at radius 3 is 2.57 bits per heavy atom. The van der Waals surface area contributed by atoms with E-state index in [-0.39, 0.29) is 17.8 Å². The van der Waals surface area contributed by atoms with E-state index in [4.69, 9.17) is 9.47 Å². The minimum atomic E-state index is -0.0171. The van der Waals surface area contributed by atoms with Crippen LogP contribution in [0.5, 0.6) is 0 Å². The van der Waals surface area contributed by atoms with Crippen LogP contribution >= 0.6 is 0 Å². The molecule has 80 valence electrons. The first-order valence-electron chi connectivity index (χ1n) is 4.94. The zero-order valence-electron chi connectivity index (χ0n) is 8.97. The summed E-state index contributed by atoms with van der Waals surface area (Å²) >= 11 is 0. The predicted octanol–water partition coefficient (Wildman–Crippen LogP) is 1.57. The lowest BCUT2D eigenvalue weighted by atomic mass is 9.84. The lowest BCUT2D eigenvalue weighted by Gasteiger charge is -2.40. The average molecular weight is 198 g/mol. The van der Waals surface area contributed by atoms with Crippen molar-refractivity contribution in [2.45, 2.75) is 20.3 Å². The fourth-order valence-electron chi connectivity index (χ4n) is 1.26. The van der Waals surface area contributed by atoms with Gasteiger partial charge in [-0.15, -0.1) is 0 Å². The SMILES string of the molecule is C=C(C)C(=O)COCC1(CC)COC1. The lowest BCUT2D eigenvalue weighted by Crippen LogP contribution is -2.46. The molecule has 0 aromatic rings. The van der Waals surface area contributed by atoms with Crippen molar-refractivity contribution in [1.29, 1.82) is 0 Å². The van der Waals surface area contributed by atoms with E-state index in [1.807, 2.05) is 0 Å². The fourth-order valence-corrected chi connectivity index (χ4v) is 1.26. The predicted molar refractivity (Wildman–Crippen MR) is 54.2 cm³/mol. The second-order valence-electron chi connectivity index (χ2n) is 4.04. The van der Waals surface area contributed by atoms with Crippen molar-refractivity contribution in [2.24, 2.45) is 5.41 Å². The van der Waals surface area contributed by atoms with E-state index in [2.05, 4.69) is 13.5 Å². The Bertz CT molecular complexity index is 223. The summed E-state index contributed by atoms with van der Waals surface area (Å²) in [5, 5.41) is 0. The Hall–Kier alpha value is -0.670. The van der Waals surface area contributed by atoms with E-state index in [0.717, 1.165) is 19.6 Å². The van der Waals surface area contributed by atoms with Crippen LogP contribution in [0.2, 0.25) is 0 Å². The van der Waals surface area contributed by atoms with Crippen LogP contribution < -0.4 is 0 Å². The number of ether oxygens (including phenoxy) is 2. The number of Topliss-reactive ketones (excluding diaryl/α,β-unsaturated/α-hetero) is 1. The molecule has 0 spiro atoms. The lowest BCUT2D eigenvalue weighted by molar-refractivity contribution is -0.153. The number of carbonyl (C=O) groups is 1. The molecule has 1 aliphatic heterocycles. The summed E-state index contributed by atoms with van der Waals surface area (Å²) < 4.78 is 10.5. The van der Waals surface area contributed by atoms with Crippen LogP contribution in [0, 0.1) is 5.41 Å². The van der Waals surface area contributed by atoms with Gasteiger partial charge in [-0.25, -0.2) is 0 Å². The van der Waals surface area contributed by atoms with Gasteiger partial charge in [-0.05, 0) is 18.9 Å². The zero-order valence-corrected chi connectivity index (χ0v) is 8.97. The maximum atomic E-state index is 11.2. The molecule has 0 atom stereocenters. The number of hydrogen-bond donors (Lipinski definition) is 0. The molecule has 1 aliphatic rings. The summed E-state index contributed by atoms with van der Waals surface area (Å²) in [6.07, 6.45) is 1.04. The molecule has 0 amide bonds. The third kappa shape index (κ3) is 2.66. The summed E-state index contributed by atoms with van der Waals surface area (Å²) in [7, 11) is 0. The van der Waals surface area contributed by atoms with Crippen molar-refractivity contribution >= 4 is 5.78 Å². The van der Waals surface area contributed by atoms with Gasteiger partial charge in [0.1, 0.15) is 6.61 Å². The highest BCUT2D eigenvalue weighted by Gasteiger charge is 2.37. The Morgan fingerprint density at radius 1 is 1.57 bits per heavy atom. The number of ketones is 1. The molecule has 1 heterocycles. The highest BCUT2D eigenvalue weighted by atomic mass is 16.5. The molecule has 1 fully saturated rings. The zero-order chi connectivity index (χ0) is 10.6.